The number of hydrogen-bond donors (Lipinski definition) is 3. The molecule has 1 aromatic rings. The molecule has 3 N–H and O–H groups in total. The fourth-order valence-electron chi connectivity index (χ4n) is 2.34. The Kier molecular flexibility index (Phi) is 8.10. The van der Waals surface area contributed by atoms with Crippen LogP contribution in [-0.2, 0) is 9.53 Å². The first-order valence-electron chi connectivity index (χ1n) is 7.66. The lowest BCUT2D eigenvalue weighted by molar-refractivity contribution is -0.128. The quantitative estimate of drug-likeness (QED) is 0.679. The lowest BCUT2D eigenvalue weighted by Crippen LogP contribution is -2.56. The van der Waals surface area contributed by atoms with E-state index in [2.05, 4.69) is 16.0 Å². The highest BCUT2D eigenvalue weighted by molar-refractivity contribution is 5.94. The number of aryl methyl sites for hydroxylation is 1. The lowest BCUT2D eigenvalue weighted by atomic mass is 10.1. The van der Waals surface area contributed by atoms with Crippen LogP contribution in [0.5, 0.6) is 0 Å². The molecule has 1 aromatic carbocycles. The van der Waals surface area contributed by atoms with Crippen LogP contribution >= 0.6 is 12.4 Å². The topological polar surface area (TPSA) is 79.5 Å². The van der Waals surface area contributed by atoms with E-state index in [1.807, 2.05) is 6.92 Å². The number of hydrogen-bond acceptors (Lipinski definition) is 4. The van der Waals surface area contributed by atoms with Crippen molar-refractivity contribution >= 4 is 24.2 Å². The van der Waals surface area contributed by atoms with Gasteiger partial charge in [0.1, 0.15) is 11.9 Å². The van der Waals surface area contributed by atoms with Crippen LogP contribution in [0, 0.1) is 12.7 Å². The fourth-order valence-corrected chi connectivity index (χ4v) is 2.34. The SMILES string of the molecule is Cc1ccc(C(=O)NCCNC(=O)[C@H]2NCCO[C@@H]2C)cc1F.Cl. The fraction of sp³-hybridized carbons (Fsp3) is 0.500. The van der Waals surface area contributed by atoms with Crippen molar-refractivity contribution in [3.05, 3.63) is 35.1 Å². The van der Waals surface area contributed by atoms with Crippen molar-refractivity contribution in [1.29, 1.82) is 0 Å². The van der Waals surface area contributed by atoms with Crippen molar-refractivity contribution < 1.29 is 18.7 Å². The van der Waals surface area contributed by atoms with Crippen LogP contribution in [-0.4, -0.2) is 50.2 Å². The van der Waals surface area contributed by atoms with Crippen molar-refractivity contribution in [3.63, 3.8) is 0 Å². The van der Waals surface area contributed by atoms with Gasteiger partial charge in [0.15, 0.2) is 0 Å². The van der Waals surface area contributed by atoms with Crippen molar-refractivity contribution in [1.82, 2.24) is 16.0 Å². The van der Waals surface area contributed by atoms with Crippen LogP contribution in [0.2, 0.25) is 0 Å². The van der Waals surface area contributed by atoms with E-state index in [0.717, 1.165) is 0 Å². The van der Waals surface area contributed by atoms with Crippen LogP contribution in [0.25, 0.3) is 0 Å². The Bertz CT molecular complexity index is 586. The molecule has 1 fully saturated rings. The Labute approximate surface area is 146 Å². The first kappa shape index (κ1) is 20.3. The minimum atomic E-state index is -0.414. The standard InChI is InChI=1S/C16H22FN3O3.ClH/c1-10-3-4-12(9-13(10)17)15(21)19-5-6-20-16(22)14-11(2)23-8-7-18-14;/h3-4,9,11,14,18H,5-8H2,1-2H3,(H,19,21)(H,20,22);1H/t11-,14+;/m1./s1. The summed E-state index contributed by atoms with van der Waals surface area (Å²) < 4.78 is 18.8. The molecule has 1 saturated heterocycles. The molecule has 1 aliphatic rings. The Morgan fingerprint density at radius 2 is 2.04 bits per heavy atom. The third-order valence-electron chi connectivity index (χ3n) is 3.74. The average molecular weight is 360 g/mol. The summed E-state index contributed by atoms with van der Waals surface area (Å²) in [6.45, 7) is 5.26. The second kappa shape index (κ2) is 9.56. The third kappa shape index (κ3) is 5.43. The molecule has 1 heterocycles. The molecular formula is C16H23ClFN3O3. The van der Waals surface area contributed by atoms with Crippen LogP contribution in [0.1, 0.15) is 22.8 Å². The maximum Gasteiger partial charge on any atom is 0.251 e. The van der Waals surface area contributed by atoms with Crippen molar-refractivity contribution in [2.45, 2.75) is 26.0 Å². The number of morpholine rings is 1. The zero-order chi connectivity index (χ0) is 16.8. The molecule has 1 aliphatic heterocycles. The number of amides is 2. The summed E-state index contributed by atoms with van der Waals surface area (Å²) in [5.74, 6) is -0.943. The molecule has 0 aromatic heterocycles. The predicted octanol–water partition coefficient (Wildman–Crippen LogP) is 0.779. The number of carbonyl (C=O) groups is 2. The zero-order valence-electron chi connectivity index (χ0n) is 13.7. The van der Waals surface area contributed by atoms with E-state index in [9.17, 15) is 14.0 Å². The average Bonchev–Trinajstić information content (AvgIpc) is 2.54. The third-order valence-corrected chi connectivity index (χ3v) is 3.74. The van der Waals surface area contributed by atoms with E-state index in [0.29, 0.717) is 25.3 Å². The summed E-state index contributed by atoms with van der Waals surface area (Å²) in [4.78, 5) is 23.9. The van der Waals surface area contributed by atoms with E-state index in [4.69, 9.17) is 4.74 Å². The highest BCUT2D eigenvalue weighted by atomic mass is 35.5. The molecule has 2 atom stereocenters. The molecule has 2 rings (SSSR count). The van der Waals surface area contributed by atoms with Crippen LogP contribution < -0.4 is 16.0 Å². The monoisotopic (exact) mass is 359 g/mol. The van der Waals surface area contributed by atoms with E-state index < -0.39 is 5.82 Å². The van der Waals surface area contributed by atoms with Gasteiger partial charge in [-0.2, -0.15) is 0 Å². The summed E-state index contributed by atoms with van der Waals surface area (Å²) in [6, 6.07) is 3.94. The number of nitrogens with one attached hydrogen (secondary N) is 3. The number of ether oxygens (including phenoxy) is 1. The molecule has 0 spiro atoms. The highest BCUT2D eigenvalue weighted by Crippen LogP contribution is 2.08. The van der Waals surface area contributed by atoms with Gasteiger partial charge >= 0.3 is 0 Å². The highest BCUT2D eigenvalue weighted by Gasteiger charge is 2.27. The number of carbonyl (C=O) groups excluding carboxylic acids is 2. The number of benzene rings is 1. The zero-order valence-corrected chi connectivity index (χ0v) is 14.5. The Balaban J connectivity index is 0.00000288. The second-order valence-corrected chi connectivity index (χ2v) is 5.52. The van der Waals surface area contributed by atoms with Crippen LogP contribution in [0.4, 0.5) is 4.39 Å². The maximum atomic E-state index is 13.4. The summed E-state index contributed by atoms with van der Waals surface area (Å²) in [5.41, 5.74) is 0.750. The molecule has 0 radical (unpaired) electrons. The van der Waals surface area contributed by atoms with Crippen molar-refractivity contribution in [3.8, 4) is 0 Å². The normalized spacial score (nSPS) is 20.0. The molecule has 0 saturated carbocycles. The summed E-state index contributed by atoms with van der Waals surface area (Å²) in [6.07, 6.45) is -0.186. The second-order valence-electron chi connectivity index (χ2n) is 5.52. The molecule has 0 unspecified atom stereocenters. The first-order valence-corrected chi connectivity index (χ1v) is 7.66. The number of halogens is 2. The smallest absolute Gasteiger partial charge is 0.251 e. The minimum Gasteiger partial charge on any atom is -0.375 e. The van der Waals surface area contributed by atoms with Gasteiger partial charge in [-0.1, -0.05) is 6.07 Å². The van der Waals surface area contributed by atoms with Gasteiger partial charge < -0.3 is 20.7 Å². The Morgan fingerprint density at radius 3 is 2.71 bits per heavy atom. The van der Waals surface area contributed by atoms with Crippen LogP contribution in [0.15, 0.2) is 18.2 Å². The van der Waals surface area contributed by atoms with Crippen molar-refractivity contribution in [2.75, 3.05) is 26.2 Å². The van der Waals surface area contributed by atoms with Gasteiger partial charge in [0, 0.05) is 25.2 Å². The Morgan fingerprint density at radius 1 is 1.33 bits per heavy atom. The van der Waals surface area contributed by atoms with Crippen LogP contribution in [0.3, 0.4) is 0 Å². The van der Waals surface area contributed by atoms with E-state index in [1.54, 1.807) is 19.1 Å². The summed E-state index contributed by atoms with van der Waals surface area (Å²) >= 11 is 0. The molecule has 0 aliphatic carbocycles. The molecule has 0 bridgehead atoms. The van der Waals surface area contributed by atoms with Gasteiger partial charge in [-0.05, 0) is 31.5 Å². The molecule has 2 amide bonds. The number of rotatable bonds is 5. The van der Waals surface area contributed by atoms with E-state index in [-0.39, 0.29) is 48.5 Å². The Hall–Kier alpha value is -1.70. The minimum absolute atomic E-state index is 0. The largest absolute Gasteiger partial charge is 0.375 e. The molecule has 24 heavy (non-hydrogen) atoms. The maximum absolute atomic E-state index is 13.4. The van der Waals surface area contributed by atoms with E-state index in [1.165, 1.54) is 6.07 Å². The first-order chi connectivity index (χ1) is 11.0. The summed E-state index contributed by atoms with van der Waals surface area (Å²) in [5, 5.41) is 8.47. The van der Waals surface area contributed by atoms with Gasteiger partial charge in [-0.15, -0.1) is 12.4 Å². The molecule has 8 heteroatoms. The van der Waals surface area contributed by atoms with Gasteiger partial charge in [-0.3, -0.25) is 9.59 Å². The molecule has 134 valence electrons. The van der Waals surface area contributed by atoms with Gasteiger partial charge in [0.25, 0.3) is 5.91 Å². The van der Waals surface area contributed by atoms with Gasteiger partial charge in [0.05, 0.1) is 12.7 Å². The summed E-state index contributed by atoms with van der Waals surface area (Å²) in [7, 11) is 0. The molecular weight excluding hydrogens is 337 g/mol. The van der Waals surface area contributed by atoms with Gasteiger partial charge in [0.2, 0.25) is 5.91 Å². The van der Waals surface area contributed by atoms with Crippen molar-refractivity contribution in [2.24, 2.45) is 0 Å². The van der Waals surface area contributed by atoms with E-state index >= 15 is 0 Å². The van der Waals surface area contributed by atoms with Gasteiger partial charge in [-0.25, -0.2) is 4.39 Å². The predicted molar refractivity (Wildman–Crippen MR) is 90.9 cm³/mol. The lowest BCUT2D eigenvalue weighted by Gasteiger charge is -2.29. The molecule has 6 nitrogen and oxygen atoms in total.